The van der Waals surface area contributed by atoms with Crippen LogP contribution < -0.4 is 5.32 Å². The van der Waals surface area contributed by atoms with Gasteiger partial charge in [-0.15, -0.1) is 0 Å². The van der Waals surface area contributed by atoms with Crippen LogP contribution in [0.25, 0.3) is 0 Å². The highest BCUT2D eigenvalue weighted by Crippen LogP contribution is 2.25. The fourth-order valence-electron chi connectivity index (χ4n) is 2.82. The van der Waals surface area contributed by atoms with Gasteiger partial charge in [0.2, 0.25) is 5.91 Å². The lowest BCUT2D eigenvalue weighted by Crippen LogP contribution is -2.19. The van der Waals surface area contributed by atoms with Gasteiger partial charge in [-0.25, -0.2) is 0 Å². The van der Waals surface area contributed by atoms with E-state index in [0.29, 0.717) is 21.8 Å². The van der Waals surface area contributed by atoms with Crippen molar-refractivity contribution in [2.24, 2.45) is 0 Å². The topological polar surface area (TPSA) is 46.2 Å². The van der Waals surface area contributed by atoms with Gasteiger partial charge < -0.3 is 5.32 Å². The van der Waals surface area contributed by atoms with Crippen LogP contribution in [0.1, 0.15) is 39.9 Å². The first-order valence-electron chi connectivity index (χ1n) is 8.72. The molecule has 0 bridgehead atoms. The maximum atomic E-state index is 12.6. The third-order valence-corrected chi connectivity index (χ3v) is 4.77. The number of rotatable bonds is 5. The first-order chi connectivity index (χ1) is 13.0. The van der Waals surface area contributed by atoms with Gasteiger partial charge in [-0.1, -0.05) is 66.2 Å². The standard InChI is InChI=1S/C23H20ClNO2/c1-15-11-12-21(20(24)13-15)25-23(27)16(2)18-9-6-10-19(14-18)22(26)17-7-4-3-5-8-17/h3-14,16H,1-2H3,(H,25,27)/t16-/m1/s1. The third kappa shape index (κ3) is 4.44. The summed E-state index contributed by atoms with van der Waals surface area (Å²) in [7, 11) is 0. The highest BCUT2D eigenvalue weighted by Gasteiger charge is 2.18. The number of carbonyl (C=O) groups excluding carboxylic acids is 2. The number of hydrogen-bond acceptors (Lipinski definition) is 2. The van der Waals surface area contributed by atoms with Gasteiger partial charge in [-0.2, -0.15) is 0 Å². The maximum absolute atomic E-state index is 12.6. The number of nitrogens with one attached hydrogen (secondary N) is 1. The van der Waals surface area contributed by atoms with Crippen LogP contribution in [0, 0.1) is 6.92 Å². The number of halogens is 1. The fourth-order valence-corrected chi connectivity index (χ4v) is 3.10. The van der Waals surface area contributed by atoms with Crippen molar-refractivity contribution >= 4 is 29.0 Å². The molecule has 0 aliphatic carbocycles. The van der Waals surface area contributed by atoms with E-state index in [1.54, 1.807) is 42.5 Å². The molecule has 0 radical (unpaired) electrons. The van der Waals surface area contributed by atoms with Gasteiger partial charge in [0, 0.05) is 11.1 Å². The van der Waals surface area contributed by atoms with Crippen molar-refractivity contribution in [1.82, 2.24) is 0 Å². The summed E-state index contributed by atoms with van der Waals surface area (Å²) in [5.74, 6) is -0.664. The molecule has 3 aromatic carbocycles. The molecule has 1 amide bonds. The van der Waals surface area contributed by atoms with Crippen molar-refractivity contribution < 1.29 is 9.59 Å². The van der Waals surface area contributed by atoms with Gasteiger partial charge in [0.05, 0.1) is 16.6 Å². The summed E-state index contributed by atoms with van der Waals surface area (Å²) in [6, 6.07) is 21.8. The Labute approximate surface area is 164 Å². The summed E-state index contributed by atoms with van der Waals surface area (Å²) in [6.45, 7) is 3.75. The van der Waals surface area contributed by atoms with Crippen LogP contribution in [-0.4, -0.2) is 11.7 Å². The molecule has 0 saturated carbocycles. The summed E-state index contributed by atoms with van der Waals surface area (Å²) < 4.78 is 0. The molecule has 0 heterocycles. The van der Waals surface area contributed by atoms with Crippen LogP contribution in [0.3, 0.4) is 0 Å². The highest BCUT2D eigenvalue weighted by atomic mass is 35.5. The van der Waals surface area contributed by atoms with E-state index in [1.807, 2.05) is 44.2 Å². The molecule has 1 atom stereocenters. The molecule has 0 unspecified atom stereocenters. The summed E-state index contributed by atoms with van der Waals surface area (Å²) in [4.78, 5) is 25.3. The quantitative estimate of drug-likeness (QED) is 0.586. The van der Waals surface area contributed by atoms with Gasteiger partial charge in [0.25, 0.3) is 0 Å². The average molecular weight is 378 g/mol. The molecule has 4 heteroatoms. The SMILES string of the molecule is Cc1ccc(NC(=O)[C@H](C)c2cccc(C(=O)c3ccccc3)c2)c(Cl)c1. The molecule has 3 nitrogen and oxygen atoms in total. The van der Waals surface area contributed by atoms with Crippen molar-refractivity contribution in [2.75, 3.05) is 5.32 Å². The van der Waals surface area contributed by atoms with Gasteiger partial charge >= 0.3 is 0 Å². The van der Waals surface area contributed by atoms with E-state index in [-0.39, 0.29) is 11.7 Å². The van der Waals surface area contributed by atoms with Crippen molar-refractivity contribution in [3.8, 4) is 0 Å². The minimum absolute atomic E-state index is 0.0633. The molecule has 3 rings (SSSR count). The number of ketones is 1. The Morgan fingerprint density at radius 2 is 1.59 bits per heavy atom. The molecular formula is C23H20ClNO2. The van der Waals surface area contributed by atoms with Crippen molar-refractivity contribution in [3.05, 3.63) is 100 Å². The minimum atomic E-state index is -0.425. The van der Waals surface area contributed by atoms with Crippen molar-refractivity contribution in [1.29, 1.82) is 0 Å². The summed E-state index contributed by atoms with van der Waals surface area (Å²) in [5.41, 5.74) is 3.57. The van der Waals surface area contributed by atoms with Crippen LogP contribution in [0.2, 0.25) is 5.02 Å². The van der Waals surface area contributed by atoms with Crippen LogP contribution >= 0.6 is 11.6 Å². The first-order valence-corrected chi connectivity index (χ1v) is 9.10. The van der Waals surface area contributed by atoms with E-state index in [0.717, 1.165) is 11.1 Å². The lowest BCUT2D eigenvalue weighted by atomic mass is 9.95. The van der Waals surface area contributed by atoms with E-state index < -0.39 is 5.92 Å². The molecule has 136 valence electrons. The lowest BCUT2D eigenvalue weighted by Gasteiger charge is -2.14. The molecule has 0 fully saturated rings. The molecule has 0 aromatic heterocycles. The zero-order valence-corrected chi connectivity index (χ0v) is 16.0. The Morgan fingerprint density at radius 3 is 2.30 bits per heavy atom. The zero-order valence-electron chi connectivity index (χ0n) is 15.2. The Morgan fingerprint density at radius 1 is 0.889 bits per heavy atom. The molecule has 1 N–H and O–H groups in total. The predicted molar refractivity (Wildman–Crippen MR) is 110 cm³/mol. The largest absolute Gasteiger partial charge is 0.324 e. The van der Waals surface area contributed by atoms with Crippen LogP contribution in [-0.2, 0) is 4.79 Å². The summed E-state index contributed by atoms with van der Waals surface area (Å²) >= 11 is 6.20. The van der Waals surface area contributed by atoms with E-state index in [9.17, 15) is 9.59 Å². The summed E-state index contributed by atoms with van der Waals surface area (Å²) in [5, 5.41) is 3.36. The Kier molecular flexibility index (Phi) is 5.72. The Hall–Kier alpha value is -2.91. The predicted octanol–water partition coefficient (Wildman–Crippen LogP) is 5.62. The van der Waals surface area contributed by atoms with E-state index in [1.165, 1.54) is 0 Å². The second-order valence-electron chi connectivity index (χ2n) is 6.51. The van der Waals surface area contributed by atoms with Gasteiger partial charge in [-0.3, -0.25) is 9.59 Å². The van der Waals surface area contributed by atoms with E-state index >= 15 is 0 Å². The van der Waals surface area contributed by atoms with Gasteiger partial charge in [0.15, 0.2) is 5.78 Å². The van der Waals surface area contributed by atoms with Crippen LogP contribution in [0.15, 0.2) is 72.8 Å². The minimum Gasteiger partial charge on any atom is -0.324 e. The number of amides is 1. The van der Waals surface area contributed by atoms with Gasteiger partial charge in [-0.05, 0) is 43.2 Å². The Bertz CT molecular complexity index is 983. The molecule has 0 aliphatic rings. The maximum Gasteiger partial charge on any atom is 0.231 e. The van der Waals surface area contributed by atoms with Crippen LogP contribution in [0.5, 0.6) is 0 Å². The van der Waals surface area contributed by atoms with Crippen molar-refractivity contribution in [2.45, 2.75) is 19.8 Å². The molecule has 0 saturated heterocycles. The van der Waals surface area contributed by atoms with Gasteiger partial charge in [0.1, 0.15) is 0 Å². The number of hydrogen-bond donors (Lipinski definition) is 1. The first kappa shape index (κ1) is 18.9. The second-order valence-corrected chi connectivity index (χ2v) is 6.92. The number of benzene rings is 3. The molecule has 3 aromatic rings. The Balaban J connectivity index is 1.79. The van der Waals surface area contributed by atoms with E-state index in [4.69, 9.17) is 11.6 Å². The molecule has 0 aliphatic heterocycles. The number of aryl methyl sites for hydroxylation is 1. The lowest BCUT2D eigenvalue weighted by molar-refractivity contribution is -0.117. The van der Waals surface area contributed by atoms with Crippen LogP contribution in [0.4, 0.5) is 5.69 Å². The monoisotopic (exact) mass is 377 g/mol. The van der Waals surface area contributed by atoms with Crippen molar-refractivity contribution in [3.63, 3.8) is 0 Å². The third-order valence-electron chi connectivity index (χ3n) is 4.46. The molecule has 0 spiro atoms. The smallest absolute Gasteiger partial charge is 0.231 e. The zero-order chi connectivity index (χ0) is 19.4. The fraction of sp³-hybridized carbons (Fsp3) is 0.130. The average Bonchev–Trinajstić information content (AvgIpc) is 2.69. The number of carbonyl (C=O) groups is 2. The molecular weight excluding hydrogens is 358 g/mol. The highest BCUT2D eigenvalue weighted by molar-refractivity contribution is 6.33. The van der Waals surface area contributed by atoms with E-state index in [2.05, 4.69) is 5.32 Å². The summed E-state index contributed by atoms with van der Waals surface area (Å²) in [6.07, 6.45) is 0. The number of anilines is 1. The normalized spacial score (nSPS) is 11.7. The second kappa shape index (κ2) is 8.19. The molecule has 27 heavy (non-hydrogen) atoms.